The number of nitrogens with zero attached hydrogens (tertiary/aromatic N) is 2. The number of aromatic nitrogens is 2. The molecule has 0 aliphatic rings. The Kier molecular flexibility index (Phi) is 4.01. The molecule has 0 saturated heterocycles. The van der Waals surface area contributed by atoms with E-state index in [1.165, 1.54) is 65.9 Å². The second kappa shape index (κ2) is 7.10. The fraction of sp³-hybridized carbons (Fsp3) is 0.0625. The molecule has 2 aromatic heterocycles. The maximum Gasteiger partial charge on any atom is 0.0494 e. The van der Waals surface area contributed by atoms with E-state index >= 15 is 0 Å². The van der Waals surface area contributed by atoms with Crippen molar-refractivity contribution in [3.63, 3.8) is 0 Å². The van der Waals surface area contributed by atoms with Crippen LogP contribution in [0.3, 0.4) is 0 Å². The number of benzene rings is 5. The van der Waals surface area contributed by atoms with E-state index in [0.717, 1.165) is 0 Å². The average molecular weight is 437 g/mol. The molecular weight excluding hydrogens is 412 g/mol. The SMILES string of the molecule is Cn1c2ccccc2c2cc(-c3ccc4c5ccc(-c6ccccc6)cc5n(C)c4c3)ccc21. The highest BCUT2D eigenvalue weighted by atomic mass is 14.9. The van der Waals surface area contributed by atoms with Gasteiger partial charge in [0, 0.05) is 57.7 Å². The molecule has 2 heteroatoms. The summed E-state index contributed by atoms with van der Waals surface area (Å²) in [6.45, 7) is 0. The van der Waals surface area contributed by atoms with Crippen LogP contribution in [0.15, 0.2) is 109 Å². The van der Waals surface area contributed by atoms with Crippen LogP contribution in [-0.4, -0.2) is 9.13 Å². The van der Waals surface area contributed by atoms with Gasteiger partial charge in [-0.25, -0.2) is 0 Å². The van der Waals surface area contributed by atoms with Crippen molar-refractivity contribution in [3.05, 3.63) is 109 Å². The van der Waals surface area contributed by atoms with Crippen molar-refractivity contribution in [3.8, 4) is 22.3 Å². The maximum atomic E-state index is 2.34. The lowest BCUT2D eigenvalue weighted by Gasteiger charge is -2.05. The summed E-state index contributed by atoms with van der Waals surface area (Å²) >= 11 is 0. The van der Waals surface area contributed by atoms with Crippen LogP contribution in [-0.2, 0) is 14.1 Å². The minimum Gasteiger partial charge on any atom is -0.344 e. The van der Waals surface area contributed by atoms with Crippen molar-refractivity contribution in [1.29, 1.82) is 0 Å². The van der Waals surface area contributed by atoms with E-state index in [0.29, 0.717) is 0 Å². The van der Waals surface area contributed by atoms with Gasteiger partial charge in [-0.05, 0) is 52.6 Å². The maximum absolute atomic E-state index is 2.34. The molecule has 7 rings (SSSR count). The molecule has 0 aliphatic carbocycles. The molecule has 0 aliphatic heterocycles. The summed E-state index contributed by atoms with van der Waals surface area (Å²) in [5.74, 6) is 0. The fourth-order valence-corrected chi connectivity index (χ4v) is 5.54. The molecule has 0 radical (unpaired) electrons. The van der Waals surface area contributed by atoms with Gasteiger partial charge in [0.1, 0.15) is 0 Å². The first-order chi connectivity index (χ1) is 16.7. The van der Waals surface area contributed by atoms with E-state index in [4.69, 9.17) is 0 Å². The van der Waals surface area contributed by atoms with Gasteiger partial charge in [0.05, 0.1) is 0 Å². The van der Waals surface area contributed by atoms with Gasteiger partial charge in [0.15, 0.2) is 0 Å². The number of hydrogen-bond acceptors (Lipinski definition) is 0. The van der Waals surface area contributed by atoms with Crippen LogP contribution in [0.1, 0.15) is 0 Å². The molecule has 0 atom stereocenters. The summed E-state index contributed by atoms with van der Waals surface area (Å²) in [5.41, 5.74) is 10.1. The monoisotopic (exact) mass is 436 g/mol. The van der Waals surface area contributed by atoms with Crippen molar-refractivity contribution in [2.24, 2.45) is 14.1 Å². The fourth-order valence-electron chi connectivity index (χ4n) is 5.54. The molecule has 0 unspecified atom stereocenters. The topological polar surface area (TPSA) is 9.86 Å². The van der Waals surface area contributed by atoms with Gasteiger partial charge in [-0.2, -0.15) is 0 Å². The van der Waals surface area contributed by atoms with Gasteiger partial charge in [-0.15, -0.1) is 0 Å². The second-order valence-electron chi connectivity index (χ2n) is 9.20. The van der Waals surface area contributed by atoms with E-state index in [2.05, 4.69) is 132 Å². The highest BCUT2D eigenvalue weighted by Crippen LogP contribution is 2.36. The third-order valence-electron chi connectivity index (χ3n) is 7.36. The normalized spacial score (nSPS) is 11.8. The molecule has 34 heavy (non-hydrogen) atoms. The zero-order chi connectivity index (χ0) is 22.8. The Bertz CT molecular complexity index is 1870. The highest BCUT2D eigenvalue weighted by Gasteiger charge is 2.13. The van der Waals surface area contributed by atoms with Gasteiger partial charge < -0.3 is 9.13 Å². The molecule has 5 aromatic carbocycles. The predicted octanol–water partition coefficient (Wildman–Crippen LogP) is 8.31. The molecule has 2 nitrogen and oxygen atoms in total. The summed E-state index contributed by atoms with van der Waals surface area (Å²) in [6.07, 6.45) is 0. The van der Waals surface area contributed by atoms with Gasteiger partial charge in [-0.1, -0.05) is 78.9 Å². The van der Waals surface area contributed by atoms with Crippen LogP contribution in [0.25, 0.3) is 65.9 Å². The summed E-state index contributed by atoms with van der Waals surface area (Å²) in [5, 5.41) is 5.21. The minimum atomic E-state index is 1.25. The summed E-state index contributed by atoms with van der Waals surface area (Å²) in [4.78, 5) is 0. The number of hydrogen-bond donors (Lipinski definition) is 0. The van der Waals surface area contributed by atoms with Crippen LogP contribution in [0.2, 0.25) is 0 Å². The van der Waals surface area contributed by atoms with Gasteiger partial charge in [0.2, 0.25) is 0 Å². The van der Waals surface area contributed by atoms with Gasteiger partial charge >= 0.3 is 0 Å². The first-order valence-electron chi connectivity index (χ1n) is 11.7. The molecule has 0 saturated carbocycles. The summed E-state index contributed by atoms with van der Waals surface area (Å²) in [6, 6.07) is 39.8. The minimum absolute atomic E-state index is 1.25. The Morgan fingerprint density at radius 1 is 0.353 bits per heavy atom. The third-order valence-corrected chi connectivity index (χ3v) is 7.36. The van der Waals surface area contributed by atoms with E-state index < -0.39 is 0 Å². The smallest absolute Gasteiger partial charge is 0.0494 e. The van der Waals surface area contributed by atoms with Crippen LogP contribution in [0.4, 0.5) is 0 Å². The van der Waals surface area contributed by atoms with E-state index in [-0.39, 0.29) is 0 Å². The molecule has 2 heterocycles. The van der Waals surface area contributed by atoms with E-state index in [1.807, 2.05) is 0 Å². The quantitative estimate of drug-likeness (QED) is 0.258. The molecule has 0 N–H and O–H groups in total. The lowest BCUT2D eigenvalue weighted by atomic mass is 10.0. The molecular formula is C32H24N2. The zero-order valence-corrected chi connectivity index (χ0v) is 19.3. The average Bonchev–Trinajstić information content (AvgIpc) is 3.35. The number of fused-ring (bicyclic) bond motifs is 6. The van der Waals surface area contributed by atoms with Crippen LogP contribution in [0, 0.1) is 0 Å². The van der Waals surface area contributed by atoms with Crippen molar-refractivity contribution in [2.45, 2.75) is 0 Å². The zero-order valence-electron chi connectivity index (χ0n) is 19.3. The first-order valence-corrected chi connectivity index (χ1v) is 11.7. The molecule has 0 spiro atoms. The molecule has 0 fully saturated rings. The van der Waals surface area contributed by atoms with Crippen molar-refractivity contribution in [1.82, 2.24) is 9.13 Å². The Morgan fingerprint density at radius 3 is 1.59 bits per heavy atom. The number of para-hydroxylation sites is 1. The van der Waals surface area contributed by atoms with Crippen molar-refractivity contribution in [2.75, 3.05) is 0 Å². The first kappa shape index (κ1) is 19.2. The Hall–Kier alpha value is -4.30. The van der Waals surface area contributed by atoms with Gasteiger partial charge in [0.25, 0.3) is 0 Å². The predicted molar refractivity (Wildman–Crippen MR) is 145 cm³/mol. The second-order valence-corrected chi connectivity index (χ2v) is 9.20. The lowest BCUT2D eigenvalue weighted by molar-refractivity contribution is 1.01. The van der Waals surface area contributed by atoms with Crippen LogP contribution < -0.4 is 0 Å². The van der Waals surface area contributed by atoms with E-state index in [9.17, 15) is 0 Å². The number of rotatable bonds is 2. The third kappa shape index (κ3) is 2.69. The Balaban J connectivity index is 1.41. The van der Waals surface area contributed by atoms with Gasteiger partial charge in [-0.3, -0.25) is 0 Å². The summed E-state index contributed by atoms with van der Waals surface area (Å²) < 4.78 is 4.61. The highest BCUT2D eigenvalue weighted by molar-refractivity contribution is 6.11. The van der Waals surface area contributed by atoms with Crippen molar-refractivity contribution >= 4 is 43.6 Å². The standard InChI is InChI=1S/C32H24N2/c1-33-29-11-7-6-10-25(29)28-18-22(14-17-30(28)33)24-13-16-27-26-15-12-23(21-8-4-3-5-9-21)19-31(26)34(2)32(27)20-24/h3-20H,1-2H3. The van der Waals surface area contributed by atoms with Crippen LogP contribution in [0.5, 0.6) is 0 Å². The lowest BCUT2D eigenvalue weighted by Crippen LogP contribution is -1.88. The molecule has 162 valence electrons. The molecule has 0 amide bonds. The largest absolute Gasteiger partial charge is 0.344 e. The Labute approximate surface area is 198 Å². The molecule has 0 bridgehead atoms. The summed E-state index contributed by atoms with van der Waals surface area (Å²) in [7, 11) is 4.33. The van der Waals surface area contributed by atoms with E-state index in [1.54, 1.807) is 0 Å². The van der Waals surface area contributed by atoms with Crippen molar-refractivity contribution < 1.29 is 0 Å². The molecule has 7 aromatic rings. The van der Waals surface area contributed by atoms with Crippen LogP contribution >= 0.6 is 0 Å². The Morgan fingerprint density at radius 2 is 0.853 bits per heavy atom. The number of aryl methyl sites for hydroxylation is 2.